The van der Waals surface area contributed by atoms with Crippen molar-refractivity contribution in [2.45, 2.75) is 45.2 Å². The fourth-order valence-corrected chi connectivity index (χ4v) is 2.39. The van der Waals surface area contributed by atoms with Gasteiger partial charge in [-0.1, -0.05) is 24.4 Å². The maximum Gasteiger partial charge on any atom is 0.151 e. The van der Waals surface area contributed by atoms with Crippen LogP contribution < -0.4 is 5.32 Å². The lowest BCUT2D eigenvalue weighted by Crippen LogP contribution is -2.26. The lowest BCUT2D eigenvalue weighted by atomic mass is 10.1. The zero-order valence-corrected chi connectivity index (χ0v) is 10.7. The zero-order chi connectivity index (χ0) is 11.9. The van der Waals surface area contributed by atoms with E-state index in [1.165, 1.54) is 45.2 Å². The van der Waals surface area contributed by atoms with Crippen molar-refractivity contribution in [1.82, 2.24) is 15.4 Å². The summed E-state index contributed by atoms with van der Waals surface area (Å²) in [4.78, 5) is 2.49. The Morgan fingerprint density at radius 2 is 1.94 bits per heavy atom. The number of hydrogen-bond acceptors (Lipinski definition) is 4. The van der Waals surface area contributed by atoms with Crippen molar-refractivity contribution in [3.63, 3.8) is 0 Å². The summed E-state index contributed by atoms with van der Waals surface area (Å²) in [5.74, 6) is 0.996. The summed E-state index contributed by atoms with van der Waals surface area (Å²) < 4.78 is 5.36. The molecule has 0 spiro atoms. The van der Waals surface area contributed by atoms with Crippen LogP contribution in [0.3, 0.4) is 0 Å². The van der Waals surface area contributed by atoms with E-state index in [0.29, 0.717) is 0 Å². The Hall–Kier alpha value is -0.870. The van der Waals surface area contributed by atoms with Gasteiger partial charge in [0.2, 0.25) is 0 Å². The number of nitrogens with one attached hydrogen (secondary N) is 1. The zero-order valence-electron chi connectivity index (χ0n) is 10.7. The SMILES string of the molecule is CNCc1cc(CN2CCCCCCC2)on1. The predicted molar refractivity (Wildman–Crippen MR) is 67.6 cm³/mol. The summed E-state index contributed by atoms with van der Waals surface area (Å²) in [7, 11) is 1.92. The van der Waals surface area contributed by atoms with Crippen LogP contribution in [-0.2, 0) is 13.1 Å². The number of aromatic nitrogens is 1. The molecule has 0 aromatic carbocycles. The van der Waals surface area contributed by atoms with E-state index in [9.17, 15) is 0 Å². The molecule has 17 heavy (non-hydrogen) atoms. The fourth-order valence-electron chi connectivity index (χ4n) is 2.39. The lowest BCUT2D eigenvalue weighted by Gasteiger charge is -2.22. The molecule has 2 heterocycles. The molecule has 1 fully saturated rings. The molecule has 4 heteroatoms. The van der Waals surface area contributed by atoms with Crippen molar-refractivity contribution in [3.05, 3.63) is 17.5 Å². The molecule has 0 aliphatic carbocycles. The standard InChI is InChI=1S/C13H23N3O/c1-14-10-12-9-13(17-15-12)11-16-7-5-3-2-4-6-8-16/h9,14H,2-8,10-11H2,1H3. The van der Waals surface area contributed by atoms with Crippen LogP contribution in [0.1, 0.15) is 43.6 Å². The Kier molecular flexibility index (Phi) is 5.01. The van der Waals surface area contributed by atoms with Crippen LogP contribution >= 0.6 is 0 Å². The molecule has 1 aliphatic rings. The van der Waals surface area contributed by atoms with E-state index in [-0.39, 0.29) is 0 Å². The minimum atomic E-state index is 0.781. The fraction of sp³-hybridized carbons (Fsp3) is 0.769. The van der Waals surface area contributed by atoms with Crippen molar-refractivity contribution < 1.29 is 4.52 Å². The number of hydrogen-bond donors (Lipinski definition) is 1. The second kappa shape index (κ2) is 6.77. The molecular formula is C13H23N3O. The van der Waals surface area contributed by atoms with Gasteiger partial charge in [0.1, 0.15) is 0 Å². The van der Waals surface area contributed by atoms with Crippen molar-refractivity contribution in [2.75, 3.05) is 20.1 Å². The molecule has 0 amide bonds. The van der Waals surface area contributed by atoms with Gasteiger partial charge < -0.3 is 9.84 Å². The first-order valence-corrected chi connectivity index (χ1v) is 6.70. The minimum absolute atomic E-state index is 0.781. The summed E-state index contributed by atoms with van der Waals surface area (Å²) in [5, 5.41) is 7.13. The first-order valence-electron chi connectivity index (χ1n) is 6.70. The van der Waals surface area contributed by atoms with Gasteiger partial charge in [0.05, 0.1) is 12.2 Å². The van der Waals surface area contributed by atoms with Gasteiger partial charge in [-0.2, -0.15) is 0 Å². The monoisotopic (exact) mass is 237 g/mol. The Bertz CT molecular complexity index is 316. The number of likely N-dealkylation sites (tertiary alicyclic amines) is 1. The maximum absolute atomic E-state index is 5.36. The van der Waals surface area contributed by atoms with Gasteiger partial charge in [-0.3, -0.25) is 4.90 Å². The Morgan fingerprint density at radius 3 is 2.65 bits per heavy atom. The Balaban J connectivity index is 1.84. The van der Waals surface area contributed by atoms with Gasteiger partial charge in [0.25, 0.3) is 0 Å². The summed E-state index contributed by atoms with van der Waals surface area (Å²) >= 11 is 0. The molecule has 1 aliphatic heterocycles. The Morgan fingerprint density at radius 1 is 1.24 bits per heavy atom. The van der Waals surface area contributed by atoms with E-state index >= 15 is 0 Å². The molecule has 0 bridgehead atoms. The van der Waals surface area contributed by atoms with Gasteiger partial charge in [-0.15, -0.1) is 0 Å². The quantitative estimate of drug-likeness (QED) is 0.871. The van der Waals surface area contributed by atoms with E-state index in [1.54, 1.807) is 0 Å². The molecule has 4 nitrogen and oxygen atoms in total. The van der Waals surface area contributed by atoms with E-state index in [4.69, 9.17) is 4.52 Å². The molecule has 1 aromatic heterocycles. The van der Waals surface area contributed by atoms with E-state index in [2.05, 4.69) is 21.4 Å². The summed E-state index contributed by atoms with van der Waals surface area (Å²) in [6, 6.07) is 2.06. The van der Waals surface area contributed by atoms with E-state index in [0.717, 1.165) is 24.5 Å². The smallest absolute Gasteiger partial charge is 0.151 e. The average Bonchev–Trinajstić information content (AvgIpc) is 2.70. The third-order valence-electron chi connectivity index (χ3n) is 3.29. The summed E-state index contributed by atoms with van der Waals surface area (Å²) in [6.45, 7) is 4.09. The van der Waals surface area contributed by atoms with Crippen LogP contribution in [0.4, 0.5) is 0 Å². The van der Waals surface area contributed by atoms with Crippen LogP contribution in [0, 0.1) is 0 Å². The van der Waals surface area contributed by atoms with Gasteiger partial charge in [0, 0.05) is 12.6 Å². The average molecular weight is 237 g/mol. The van der Waals surface area contributed by atoms with Crippen molar-refractivity contribution in [2.24, 2.45) is 0 Å². The number of nitrogens with zero attached hydrogens (tertiary/aromatic N) is 2. The van der Waals surface area contributed by atoms with Crippen molar-refractivity contribution >= 4 is 0 Å². The molecule has 1 saturated heterocycles. The van der Waals surface area contributed by atoms with Crippen LogP contribution in [0.5, 0.6) is 0 Å². The molecule has 2 rings (SSSR count). The first kappa shape index (κ1) is 12.6. The molecular weight excluding hydrogens is 214 g/mol. The predicted octanol–water partition coefficient (Wildman–Crippen LogP) is 2.16. The molecule has 0 atom stereocenters. The summed E-state index contributed by atoms with van der Waals surface area (Å²) in [5.41, 5.74) is 0.995. The highest BCUT2D eigenvalue weighted by atomic mass is 16.5. The molecule has 1 N–H and O–H groups in total. The topological polar surface area (TPSA) is 41.3 Å². The Labute approximate surface area is 103 Å². The second-order valence-electron chi connectivity index (χ2n) is 4.86. The molecule has 0 radical (unpaired) electrons. The highest BCUT2D eigenvalue weighted by Crippen LogP contribution is 2.14. The van der Waals surface area contributed by atoms with Crippen molar-refractivity contribution in [3.8, 4) is 0 Å². The van der Waals surface area contributed by atoms with Gasteiger partial charge in [-0.05, 0) is 33.0 Å². The minimum Gasteiger partial charge on any atom is -0.360 e. The lowest BCUT2D eigenvalue weighted by molar-refractivity contribution is 0.212. The van der Waals surface area contributed by atoms with Crippen LogP contribution in [0.2, 0.25) is 0 Å². The molecule has 0 unspecified atom stereocenters. The third-order valence-corrected chi connectivity index (χ3v) is 3.29. The normalized spacial score (nSPS) is 18.9. The largest absolute Gasteiger partial charge is 0.360 e. The van der Waals surface area contributed by atoms with Crippen LogP contribution in [0.25, 0.3) is 0 Å². The maximum atomic E-state index is 5.36. The van der Waals surface area contributed by atoms with Crippen molar-refractivity contribution in [1.29, 1.82) is 0 Å². The molecule has 1 aromatic rings. The van der Waals surface area contributed by atoms with Crippen LogP contribution in [-0.4, -0.2) is 30.2 Å². The highest BCUT2D eigenvalue weighted by Gasteiger charge is 2.11. The number of rotatable bonds is 4. The third kappa shape index (κ3) is 4.13. The van der Waals surface area contributed by atoms with Gasteiger partial charge >= 0.3 is 0 Å². The first-order chi connectivity index (χ1) is 8.38. The van der Waals surface area contributed by atoms with Crippen LogP contribution in [0.15, 0.2) is 10.6 Å². The second-order valence-corrected chi connectivity index (χ2v) is 4.86. The van der Waals surface area contributed by atoms with Gasteiger partial charge in [0.15, 0.2) is 5.76 Å². The molecule has 96 valence electrons. The van der Waals surface area contributed by atoms with E-state index < -0.39 is 0 Å². The van der Waals surface area contributed by atoms with Gasteiger partial charge in [-0.25, -0.2) is 0 Å². The highest BCUT2D eigenvalue weighted by molar-refractivity contribution is 5.05. The summed E-state index contributed by atoms with van der Waals surface area (Å²) in [6.07, 6.45) is 6.79. The molecule has 0 saturated carbocycles. The van der Waals surface area contributed by atoms with E-state index in [1.807, 2.05) is 7.05 Å².